The quantitative estimate of drug-likeness (QED) is 0.455. The summed E-state index contributed by atoms with van der Waals surface area (Å²) in [5.74, 6) is -0.258. The third-order valence-electron chi connectivity index (χ3n) is 4.26. The van der Waals surface area contributed by atoms with Gasteiger partial charge in [-0.1, -0.05) is 54.8 Å². The minimum Gasteiger partial charge on any atom is -0.456 e. The number of benzene rings is 2. The van der Waals surface area contributed by atoms with Gasteiger partial charge in [0.25, 0.3) is 0 Å². The summed E-state index contributed by atoms with van der Waals surface area (Å²) in [5, 5.41) is 0.703. The molecular weight excluding hydrogens is 343 g/mol. The highest BCUT2D eigenvalue weighted by Gasteiger charge is 2.21. The van der Waals surface area contributed by atoms with Crippen molar-refractivity contribution >= 4 is 25.4 Å². The first-order valence-corrected chi connectivity index (χ1v) is 9.43. The van der Waals surface area contributed by atoms with Crippen LogP contribution in [-0.4, -0.2) is 19.4 Å². The molecule has 0 aliphatic heterocycles. The summed E-state index contributed by atoms with van der Waals surface area (Å²) < 4.78 is 5.42. The zero-order valence-electron chi connectivity index (χ0n) is 16.0. The second-order valence-corrected chi connectivity index (χ2v) is 8.03. The second-order valence-electron chi connectivity index (χ2n) is 7.60. The number of carbonyl (C=O) groups is 1. The van der Waals surface area contributed by atoms with Crippen molar-refractivity contribution in [1.82, 2.24) is 0 Å². The fraction of sp³-hybridized carbons (Fsp3) is 0.409. The average molecular weight is 369 g/mol. The van der Waals surface area contributed by atoms with Gasteiger partial charge in [0.1, 0.15) is 5.60 Å². The van der Waals surface area contributed by atoms with E-state index >= 15 is 0 Å². The van der Waals surface area contributed by atoms with Crippen LogP contribution in [0.3, 0.4) is 0 Å². The Balaban J connectivity index is 2.21. The summed E-state index contributed by atoms with van der Waals surface area (Å²) in [5.41, 5.74) is 2.24. The smallest absolute Gasteiger partial charge is 0.338 e. The Labute approximate surface area is 163 Å². The highest BCUT2D eigenvalue weighted by molar-refractivity contribution is 6.30. The van der Waals surface area contributed by atoms with Gasteiger partial charge in [-0.2, -0.15) is 0 Å². The van der Waals surface area contributed by atoms with E-state index in [4.69, 9.17) is 24.2 Å². The Kier molecular flexibility index (Phi) is 6.94. The zero-order chi connectivity index (χ0) is 19.3. The maximum absolute atomic E-state index is 12.2. The topological polar surface area (TPSA) is 26.3 Å². The third-order valence-corrected chi connectivity index (χ3v) is 4.51. The van der Waals surface area contributed by atoms with Crippen molar-refractivity contribution in [3.05, 3.63) is 70.2 Å². The minimum atomic E-state index is -0.503. The minimum absolute atomic E-state index is 0.125. The molecule has 2 aromatic rings. The first kappa shape index (κ1) is 20.6. The molecule has 2 rings (SSSR count). The summed E-state index contributed by atoms with van der Waals surface area (Å²) in [6.07, 6.45) is 2.00. The van der Waals surface area contributed by atoms with E-state index in [1.807, 2.05) is 69.3 Å². The van der Waals surface area contributed by atoms with Gasteiger partial charge >= 0.3 is 5.97 Å². The van der Waals surface area contributed by atoms with Crippen LogP contribution >= 0.6 is 11.6 Å². The van der Waals surface area contributed by atoms with Crippen LogP contribution in [0, 0.1) is 0 Å². The molecular formula is C22H26BClO2. The van der Waals surface area contributed by atoms with Crippen molar-refractivity contribution in [3.8, 4) is 0 Å². The number of hydrogen-bond acceptors (Lipinski definition) is 2. The SMILES string of the molecule is [B][C@H](c1ccc(Cl)cc1)[C@H](CCC)c1ccc(C(=O)OC(C)(C)C)cc1. The summed E-state index contributed by atoms with van der Waals surface area (Å²) >= 11 is 5.98. The van der Waals surface area contributed by atoms with Crippen LogP contribution in [0.4, 0.5) is 0 Å². The largest absolute Gasteiger partial charge is 0.456 e. The summed E-state index contributed by atoms with van der Waals surface area (Å²) in [7, 11) is 6.55. The van der Waals surface area contributed by atoms with Gasteiger partial charge in [-0.15, -0.1) is 0 Å². The number of carbonyl (C=O) groups excluding carboxylic acids is 1. The van der Waals surface area contributed by atoms with E-state index in [-0.39, 0.29) is 17.7 Å². The molecule has 0 N–H and O–H groups in total. The van der Waals surface area contributed by atoms with Crippen molar-refractivity contribution in [2.24, 2.45) is 0 Å². The van der Waals surface area contributed by atoms with Crippen molar-refractivity contribution in [2.45, 2.75) is 57.9 Å². The predicted molar refractivity (Wildman–Crippen MR) is 109 cm³/mol. The van der Waals surface area contributed by atoms with Crippen LogP contribution < -0.4 is 0 Å². The molecule has 0 aliphatic carbocycles. The molecule has 0 fully saturated rings. The fourth-order valence-electron chi connectivity index (χ4n) is 2.99. The lowest BCUT2D eigenvalue weighted by atomic mass is 9.68. The van der Waals surface area contributed by atoms with Crippen molar-refractivity contribution in [3.63, 3.8) is 0 Å². The third kappa shape index (κ3) is 5.64. The van der Waals surface area contributed by atoms with Crippen LogP contribution in [0.2, 0.25) is 5.02 Å². The van der Waals surface area contributed by atoms with Crippen LogP contribution in [0.15, 0.2) is 48.5 Å². The lowest BCUT2D eigenvalue weighted by molar-refractivity contribution is 0.00695. The number of rotatable bonds is 6. The Morgan fingerprint density at radius 3 is 2.08 bits per heavy atom. The van der Waals surface area contributed by atoms with Crippen LogP contribution in [-0.2, 0) is 4.74 Å². The molecule has 2 aromatic carbocycles. The number of ether oxygens (including phenoxy) is 1. The number of hydrogen-bond donors (Lipinski definition) is 0. The van der Waals surface area contributed by atoms with E-state index in [1.165, 1.54) is 0 Å². The summed E-state index contributed by atoms with van der Waals surface area (Å²) in [4.78, 5) is 12.2. The Morgan fingerprint density at radius 1 is 1.04 bits per heavy atom. The van der Waals surface area contributed by atoms with E-state index in [0.29, 0.717) is 10.6 Å². The summed E-state index contributed by atoms with van der Waals surface area (Å²) in [6.45, 7) is 7.74. The summed E-state index contributed by atoms with van der Waals surface area (Å²) in [6, 6.07) is 15.3. The lowest BCUT2D eigenvalue weighted by Crippen LogP contribution is -2.23. The first-order valence-electron chi connectivity index (χ1n) is 9.05. The van der Waals surface area contributed by atoms with Gasteiger partial charge in [-0.25, -0.2) is 4.79 Å². The van der Waals surface area contributed by atoms with E-state index in [0.717, 1.165) is 24.0 Å². The normalized spacial score (nSPS) is 13.9. The molecule has 0 saturated carbocycles. The standard InChI is InChI=1S/C22H26BClO2/c1-5-6-19(20(23)16-11-13-18(24)14-12-16)15-7-9-17(10-8-15)21(25)26-22(2,3)4/h7-14,19-20H,5-6H2,1-4H3/t19-,20-/m1/s1. The molecule has 0 heterocycles. The van der Waals surface area contributed by atoms with Crippen LogP contribution in [0.5, 0.6) is 0 Å². The zero-order valence-corrected chi connectivity index (χ0v) is 16.7. The lowest BCUT2D eigenvalue weighted by Gasteiger charge is -2.25. The molecule has 0 aromatic heterocycles. The molecule has 0 amide bonds. The first-order chi connectivity index (χ1) is 12.2. The van der Waals surface area contributed by atoms with E-state index in [1.54, 1.807) is 0 Å². The van der Waals surface area contributed by atoms with Crippen molar-refractivity contribution in [2.75, 3.05) is 0 Å². The van der Waals surface area contributed by atoms with Gasteiger partial charge in [-0.3, -0.25) is 0 Å². The van der Waals surface area contributed by atoms with E-state index in [2.05, 4.69) is 6.92 Å². The maximum Gasteiger partial charge on any atom is 0.338 e. The molecule has 26 heavy (non-hydrogen) atoms. The molecule has 2 atom stereocenters. The van der Waals surface area contributed by atoms with E-state index < -0.39 is 5.60 Å². The van der Waals surface area contributed by atoms with Gasteiger partial charge in [0.05, 0.1) is 13.4 Å². The molecule has 0 bridgehead atoms. The van der Waals surface area contributed by atoms with Gasteiger partial charge < -0.3 is 4.74 Å². The van der Waals surface area contributed by atoms with Gasteiger partial charge in [0.15, 0.2) is 0 Å². The second kappa shape index (κ2) is 8.77. The molecule has 136 valence electrons. The molecule has 2 radical (unpaired) electrons. The van der Waals surface area contributed by atoms with Crippen LogP contribution in [0.1, 0.15) is 73.8 Å². The van der Waals surface area contributed by atoms with Gasteiger partial charge in [0, 0.05) is 5.02 Å². The number of esters is 1. The monoisotopic (exact) mass is 368 g/mol. The predicted octanol–water partition coefficient (Wildman–Crippen LogP) is 6.09. The highest BCUT2D eigenvalue weighted by atomic mass is 35.5. The molecule has 0 unspecified atom stereocenters. The van der Waals surface area contributed by atoms with Gasteiger partial charge in [0.2, 0.25) is 0 Å². The van der Waals surface area contributed by atoms with Gasteiger partial charge in [-0.05, 0) is 68.8 Å². The van der Waals surface area contributed by atoms with E-state index in [9.17, 15) is 4.79 Å². The Bertz CT molecular complexity index is 717. The van der Waals surface area contributed by atoms with Crippen molar-refractivity contribution in [1.29, 1.82) is 0 Å². The molecule has 0 aliphatic rings. The Morgan fingerprint density at radius 2 is 1.58 bits per heavy atom. The molecule has 2 nitrogen and oxygen atoms in total. The molecule has 0 saturated heterocycles. The fourth-order valence-corrected chi connectivity index (χ4v) is 3.11. The molecule has 0 spiro atoms. The average Bonchev–Trinajstić information content (AvgIpc) is 2.58. The van der Waals surface area contributed by atoms with Crippen molar-refractivity contribution < 1.29 is 9.53 Å². The highest BCUT2D eigenvalue weighted by Crippen LogP contribution is 2.35. The Hall–Kier alpha value is -1.74. The maximum atomic E-state index is 12.2. The number of halogens is 1. The molecule has 4 heteroatoms. The van der Waals surface area contributed by atoms with Crippen LogP contribution in [0.25, 0.3) is 0 Å².